The van der Waals surface area contributed by atoms with Gasteiger partial charge in [0, 0.05) is 11.1 Å². The van der Waals surface area contributed by atoms with Crippen molar-refractivity contribution in [1.82, 2.24) is 9.97 Å². The monoisotopic (exact) mass is 306 g/mol. The molecule has 0 aliphatic heterocycles. The van der Waals surface area contributed by atoms with Crippen molar-refractivity contribution < 1.29 is 0 Å². The summed E-state index contributed by atoms with van der Waals surface area (Å²) in [5.41, 5.74) is 3.19. The highest BCUT2D eigenvalue weighted by molar-refractivity contribution is 6.34. The molecule has 1 fully saturated rings. The van der Waals surface area contributed by atoms with E-state index in [1.807, 2.05) is 12.1 Å². The van der Waals surface area contributed by atoms with Crippen molar-refractivity contribution in [2.45, 2.75) is 38.5 Å². The van der Waals surface area contributed by atoms with Crippen molar-refractivity contribution in [2.75, 3.05) is 0 Å². The molecule has 0 bridgehead atoms. The van der Waals surface area contributed by atoms with Gasteiger partial charge in [0.25, 0.3) is 0 Å². The Morgan fingerprint density at radius 3 is 2.45 bits per heavy atom. The van der Waals surface area contributed by atoms with Gasteiger partial charge in [0.15, 0.2) is 5.82 Å². The van der Waals surface area contributed by atoms with E-state index in [-0.39, 0.29) is 0 Å². The minimum Gasteiger partial charge on any atom is -0.216 e. The van der Waals surface area contributed by atoms with E-state index < -0.39 is 0 Å². The molecule has 1 aromatic heterocycles. The van der Waals surface area contributed by atoms with Crippen molar-refractivity contribution in [3.05, 3.63) is 45.7 Å². The molecular formula is C16H16Cl2N2. The van der Waals surface area contributed by atoms with E-state index in [1.165, 1.54) is 18.4 Å². The molecule has 0 atom stereocenters. The van der Waals surface area contributed by atoms with Gasteiger partial charge in [-0.05, 0) is 36.8 Å². The zero-order valence-electron chi connectivity index (χ0n) is 11.4. The van der Waals surface area contributed by atoms with Gasteiger partial charge in [0.05, 0.1) is 0 Å². The van der Waals surface area contributed by atoms with Gasteiger partial charge >= 0.3 is 0 Å². The molecule has 1 aromatic carbocycles. The van der Waals surface area contributed by atoms with Crippen LogP contribution in [0.1, 0.15) is 43.2 Å². The second kappa shape index (κ2) is 5.71. The van der Waals surface area contributed by atoms with Crippen molar-refractivity contribution in [3.63, 3.8) is 0 Å². The van der Waals surface area contributed by atoms with Crippen LogP contribution in [-0.4, -0.2) is 9.97 Å². The highest BCUT2D eigenvalue weighted by atomic mass is 35.5. The molecule has 3 rings (SSSR count). The summed E-state index contributed by atoms with van der Waals surface area (Å²) in [6, 6.07) is 8.37. The van der Waals surface area contributed by atoms with E-state index in [0.717, 1.165) is 24.0 Å². The highest BCUT2D eigenvalue weighted by Crippen LogP contribution is 2.41. The molecule has 2 aromatic rings. The molecule has 20 heavy (non-hydrogen) atoms. The topological polar surface area (TPSA) is 25.8 Å². The molecule has 0 radical (unpaired) electrons. The van der Waals surface area contributed by atoms with Gasteiger partial charge in [-0.3, -0.25) is 0 Å². The van der Waals surface area contributed by atoms with Crippen LogP contribution in [0.2, 0.25) is 10.3 Å². The molecule has 1 aliphatic carbocycles. The third kappa shape index (κ3) is 2.82. The predicted molar refractivity (Wildman–Crippen MR) is 83.5 cm³/mol. The maximum absolute atomic E-state index is 6.24. The second-order valence-electron chi connectivity index (χ2n) is 5.26. The van der Waals surface area contributed by atoms with E-state index in [0.29, 0.717) is 22.0 Å². The Morgan fingerprint density at radius 1 is 1.15 bits per heavy atom. The van der Waals surface area contributed by atoms with Gasteiger partial charge in [0.2, 0.25) is 0 Å². The van der Waals surface area contributed by atoms with Crippen LogP contribution in [0.5, 0.6) is 0 Å². The van der Waals surface area contributed by atoms with Gasteiger partial charge < -0.3 is 0 Å². The van der Waals surface area contributed by atoms with Crippen LogP contribution in [0.25, 0.3) is 11.4 Å². The van der Waals surface area contributed by atoms with Gasteiger partial charge in [-0.1, -0.05) is 54.7 Å². The first-order valence-electron chi connectivity index (χ1n) is 7.01. The van der Waals surface area contributed by atoms with Crippen LogP contribution >= 0.6 is 23.2 Å². The Balaban J connectivity index is 1.99. The summed E-state index contributed by atoms with van der Waals surface area (Å²) in [4.78, 5) is 8.83. The Hall–Kier alpha value is -1.12. The van der Waals surface area contributed by atoms with Crippen molar-refractivity contribution >= 4 is 23.2 Å². The maximum atomic E-state index is 6.24. The van der Waals surface area contributed by atoms with E-state index in [9.17, 15) is 0 Å². The Morgan fingerprint density at radius 2 is 1.85 bits per heavy atom. The summed E-state index contributed by atoms with van der Waals surface area (Å²) in [5, 5.41) is 0.942. The molecule has 1 aliphatic rings. The minimum atomic E-state index is 0.471. The van der Waals surface area contributed by atoms with Crippen LogP contribution < -0.4 is 0 Å². The smallest absolute Gasteiger partial charge is 0.162 e. The molecular weight excluding hydrogens is 291 g/mol. The third-order valence-corrected chi connectivity index (χ3v) is 4.23. The third-order valence-electron chi connectivity index (χ3n) is 3.60. The number of benzene rings is 1. The first kappa shape index (κ1) is 13.8. The maximum Gasteiger partial charge on any atom is 0.162 e. The van der Waals surface area contributed by atoms with Gasteiger partial charge in [-0.2, -0.15) is 0 Å². The molecule has 104 valence electrons. The van der Waals surface area contributed by atoms with Gasteiger partial charge in [-0.25, -0.2) is 9.97 Å². The largest absolute Gasteiger partial charge is 0.216 e. The summed E-state index contributed by atoms with van der Waals surface area (Å²) >= 11 is 12.5. The van der Waals surface area contributed by atoms with Crippen LogP contribution in [-0.2, 0) is 6.42 Å². The summed E-state index contributed by atoms with van der Waals surface area (Å²) in [5.74, 6) is 1.32. The minimum absolute atomic E-state index is 0.471. The standard InChI is InChI=1S/C16H16Cl2N2/c1-2-4-13-14(17)19-16(20-15(13)18)12-6-3-5-11(9-12)10-7-8-10/h3,5-6,9-10H,2,4,7-8H2,1H3. The summed E-state index contributed by atoms with van der Waals surface area (Å²) in [7, 11) is 0. The fourth-order valence-electron chi connectivity index (χ4n) is 2.36. The molecule has 0 spiro atoms. The van der Waals surface area contributed by atoms with Crippen LogP contribution in [0.3, 0.4) is 0 Å². The second-order valence-corrected chi connectivity index (χ2v) is 5.97. The lowest BCUT2D eigenvalue weighted by Crippen LogP contribution is -1.98. The molecule has 4 heteroatoms. The zero-order valence-corrected chi connectivity index (χ0v) is 12.9. The molecule has 0 N–H and O–H groups in total. The molecule has 1 saturated carbocycles. The van der Waals surface area contributed by atoms with Crippen LogP contribution in [0, 0.1) is 0 Å². The fraction of sp³-hybridized carbons (Fsp3) is 0.375. The van der Waals surface area contributed by atoms with Gasteiger partial charge in [0.1, 0.15) is 10.3 Å². The van der Waals surface area contributed by atoms with Crippen LogP contribution in [0.15, 0.2) is 24.3 Å². The average molecular weight is 307 g/mol. The van der Waals surface area contributed by atoms with Gasteiger partial charge in [-0.15, -0.1) is 0 Å². The fourth-order valence-corrected chi connectivity index (χ4v) is 2.94. The number of rotatable bonds is 4. The number of aromatic nitrogens is 2. The Bertz CT molecular complexity index is 613. The van der Waals surface area contributed by atoms with E-state index in [2.05, 4.69) is 29.0 Å². The molecule has 1 heterocycles. The predicted octanol–water partition coefficient (Wildman–Crippen LogP) is 5.28. The number of hydrogen-bond acceptors (Lipinski definition) is 2. The molecule has 2 nitrogen and oxygen atoms in total. The van der Waals surface area contributed by atoms with Crippen molar-refractivity contribution in [2.24, 2.45) is 0 Å². The van der Waals surface area contributed by atoms with E-state index >= 15 is 0 Å². The lowest BCUT2D eigenvalue weighted by Gasteiger charge is -2.08. The van der Waals surface area contributed by atoms with E-state index in [1.54, 1.807) is 0 Å². The Kier molecular flexibility index (Phi) is 3.95. The summed E-state index contributed by atoms with van der Waals surface area (Å²) in [6.07, 6.45) is 4.34. The number of hydrogen-bond donors (Lipinski definition) is 0. The zero-order chi connectivity index (χ0) is 14.1. The molecule has 0 amide bonds. The molecule has 0 unspecified atom stereocenters. The lowest BCUT2D eigenvalue weighted by molar-refractivity contribution is 0.903. The summed E-state index contributed by atoms with van der Waals surface area (Å²) < 4.78 is 0. The number of halogens is 2. The van der Waals surface area contributed by atoms with Crippen molar-refractivity contribution in [3.8, 4) is 11.4 Å². The SMILES string of the molecule is CCCc1c(Cl)nc(-c2cccc(C3CC3)c2)nc1Cl. The number of nitrogens with zero attached hydrogens (tertiary/aromatic N) is 2. The Labute approximate surface area is 129 Å². The van der Waals surface area contributed by atoms with Crippen molar-refractivity contribution in [1.29, 1.82) is 0 Å². The molecule has 0 saturated heterocycles. The quantitative estimate of drug-likeness (QED) is 0.718. The normalized spacial score (nSPS) is 14.6. The lowest BCUT2D eigenvalue weighted by atomic mass is 10.1. The average Bonchev–Trinajstić information content (AvgIpc) is 3.27. The van der Waals surface area contributed by atoms with Crippen LogP contribution in [0.4, 0.5) is 0 Å². The first-order valence-corrected chi connectivity index (χ1v) is 7.77. The summed E-state index contributed by atoms with van der Waals surface area (Å²) in [6.45, 7) is 2.08. The van der Waals surface area contributed by atoms with E-state index in [4.69, 9.17) is 23.2 Å². The highest BCUT2D eigenvalue weighted by Gasteiger charge is 2.23. The first-order chi connectivity index (χ1) is 9.69.